The van der Waals surface area contributed by atoms with Gasteiger partial charge in [-0.2, -0.15) is 0 Å². The number of esters is 1. The molecule has 10 nitrogen and oxygen atoms in total. The number of hydrogen-bond acceptors (Lipinski definition) is 7. The number of piperazine rings is 1. The smallest absolute Gasteiger partial charge is 0.338 e. The van der Waals surface area contributed by atoms with E-state index in [4.69, 9.17) is 9.47 Å². The van der Waals surface area contributed by atoms with Crippen LogP contribution < -0.4 is 30.5 Å². The van der Waals surface area contributed by atoms with Crippen molar-refractivity contribution >= 4 is 40.7 Å². The van der Waals surface area contributed by atoms with E-state index < -0.39 is 12.0 Å². The number of para-hydroxylation sites is 2. The summed E-state index contributed by atoms with van der Waals surface area (Å²) in [5, 5.41) is 8.59. The molecule has 0 radical (unpaired) electrons. The first-order chi connectivity index (χ1) is 20.3. The molecule has 42 heavy (non-hydrogen) atoms. The van der Waals surface area contributed by atoms with Gasteiger partial charge in [-0.1, -0.05) is 26.0 Å². The molecule has 1 aliphatic heterocycles. The number of nitrogens with one attached hydrogen (secondary N) is 3. The third-order valence-electron chi connectivity index (χ3n) is 6.87. The Labute approximate surface area is 247 Å². The third kappa shape index (κ3) is 7.72. The Bertz CT molecular complexity index is 1380. The van der Waals surface area contributed by atoms with Gasteiger partial charge in [0.15, 0.2) is 0 Å². The van der Waals surface area contributed by atoms with E-state index in [1.165, 1.54) is 0 Å². The Morgan fingerprint density at radius 3 is 2.10 bits per heavy atom. The van der Waals surface area contributed by atoms with Crippen molar-refractivity contribution in [1.29, 1.82) is 0 Å². The lowest BCUT2D eigenvalue weighted by atomic mass is 10.1. The van der Waals surface area contributed by atoms with Crippen molar-refractivity contribution in [2.24, 2.45) is 5.92 Å². The zero-order chi connectivity index (χ0) is 30.1. The number of urea groups is 1. The fourth-order valence-electron chi connectivity index (χ4n) is 4.74. The molecule has 0 aliphatic carbocycles. The normalized spacial score (nSPS) is 13.0. The summed E-state index contributed by atoms with van der Waals surface area (Å²) < 4.78 is 10.5. The lowest BCUT2D eigenvalue weighted by molar-refractivity contribution is 0.0526. The summed E-state index contributed by atoms with van der Waals surface area (Å²) in [6.45, 7) is 9.63. The molecule has 4 rings (SSSR count). The molecule has 0 aromatic heterocycles. The van der Waals surface area contributed by atoms with Crippen LogP contribution >= 0.6 is 0 Å². The number of carbonyl (C=O) groups is 3. The van der Waals surface area contributed by atoms with Crippen molar-refractivity contribution in [3.8, 4) is 5.75 Å². The molecule has 1 saturated heterocycles. The fraction of sp³-hybridized carbons (Fsp3) is 0.344. The summed E-state index contributed by atoms with van der Waals surface area (Å²) in [6, 6.07) is 19.3. The van der Waals surface area contributed by atoms with Gasteiger partial charge >= 0.3 is 12.0 Å². The van der Waals surface area contributed by atoms with Crippen LogP contribution in [0.2, 0.25) is 0 Å². The first kappa shape index (κ1) is 30.2. The Morgan fingerprint density at radius 2 is 1.45 bits per heavy atom. The number of carbonyl (C=O) groups excluding carboxylic acids is 3. The average Bonchev–Trinajstić information content (AvgIpc) is 3.00. The second-order valence-electron chi connectivity index (χ2n) is 10.4. The molecule has 3 aromatic rings. The van der Waals surface area contributed by atoms with Crippen LogP contribution in [0.3, 0.4) is 0 Å². The van der Waals surface area contributed by atoms with Gasteiger partial charge in [-0.05, 0) is 67.4 Å². The van der Waals surface area contributed by atoms with E-state index in [9.17, 15) is 14.4 Å². The minimum atomic E-state index is -0.467. The minimum Gasteiger partial charge on any atom is -0.495 e. The second-order valence-corrected chi connectivity index (χ2v) is 10.4. The number of nitrogens with zero attached hydrogens (tertiary/aromatic N) is 2. The SMILES string of the molecule is CCOC(=O)c1ccc(NC(=O)Nc2ccc(N3CCN(c4ccccc4OC)CC3)c(C(=O)NCC(C)C)c2)cc1. The van der Waals surface area contributed by atoms with Gasteiger partial charge in [-0.15, -0.1) is 0 Å². The van der Waals surface area contributed by atoms with Gasteiger partial charge < -0.3 is 35.2 Å². The molecule has 1 heterocycles. The highest BCUT2D eigenvalue weighted by Crippen LogP contribution is 2.31. The van der Waals surface area contributed by atoms with Crippen LogP contribution in [-0.4, -0.2) is 64.3 Å². The molecule has 222 valence electrons. The Hall–Kier alpha value is -4.73. The van der Waals surface area contributed by atoms with Gasteiger partial charge in [0.05, 0.1) is 30.5 Å². The monoisotopic (exact) mass is 573 g/mol. The van der Waals surface area contributed by atoms with Crippen LogP contribution in [0.1, 0.15) is 41.5 Å². The van der Waals surface area contributed by atoms with Crippen molar-refractivity contribution in [3.05, 3.63) is 77.9 Å². The highest BCUT2D eigenvalue weighted by Gasteiger charge is 2.24. The second kappa shape index (κ2) is 14.2. The molecule has 0 bridgehead atoms. The summed E-state index contributed by atoms with van der Waals surface area (Å²) >= 11 is 0. The number of hydrogen-bond donors (Lipinski definition) is 3. The van der Waals surface area contributed by atoms with Crippen LogP contribution in [0.25, 0.3) is 0 Å². The molecule has 3 N–H and O–H groups in total. The largest absolute Gasteiger partial charge is 0.495 e. The zero-order valence-corrected chi connectivity index (χ0v) is 24.6. The number of ether oxygens (including phenoxy) is 2. The Kier molecular flexibility index (Phi) is 10.3. The van der Waals surface area contributed by atoms with E-state index in [2.05, 4.69) is 31.8 Å². The quantitative estimate of drug-likeness (QED) is 0.285. The Balaban J connectivity index is 1.47. The van der Waals surface area contributed by atoms with E-state index in [0.717, 1.165) is 43.3 Å². The van der Waals surface area contributed by atoms with Crippen LogP contribution in [-0.2, 0) is 4.74 Å². The topological polar surface area (TPSA) is 112 Å². The summed E-state index contributed by atoms with van der Waals surface area (Å²) in [5.41, 5.74) is 3.77. The number of amides is 3. The van der Waals surface area contributed by atoms with Gasteiger partial charge in [0, 0.05) is 49.8 Å². The number of rotatable bonds is 10. The van der Waals surface area contributed by atoms with Crippen molar-refractivity contribution in [3.63, 3.8) is 0 Å². The molecule has 0 saturated carbocycles. The van der Waals surface area contributed by atoms with E-state index in [-0.39, 0.29) is 12.5 Å². The molecule has 1 aliphatic rings. The van der Waals surface area contributed by atoms with Gasteiger partial charge in [0.1, 0.15) is 5.75 Å². The van der Waals surface area contributed by atoms with Gasteiger partial charge in [0.2, 0.25) is 0 Å². The molecular formula is C32H39N5O5. The van der Waals surface area contributed by atoms with E-state index in [0.29, 0.717) is 35.0 Å². The van der Waals surface area contributed by atoms with Crippen molar-refractivity contribution in [1.82, 2.24) is 5.32 Å². The van der Waals surface area contributed by atoms with Crippen LogP contribution in [0, 0.1) is 5.92 Å². The van der Waals surface area contributed by atoms with E-state index in [1.54, 1.807) is 50.4 Å². The predicted octanol–water partition coefficient (Wildman–Crippen LogP) is 5.23. The van der Waals surface area contributed by atoms with E-state index in [1.807, 2.05) is 38.1 Å². The maximum atomic E-state index is 13.3. The molecule has 3 amide bonds. The van der Waals surface area contributed by atoms with Gasteiger partial charge in [0.25, 0.3) is 5.91 Å². The summed E-state index contributed by atoms with van der Waals surface area (Å²) in [7, 11) is 1.68. The summed E-state index contributed by atoms with van der Waals surface area (Å²) in [6.07, 6.45) is 0. The fourth-order valence-corrected chi connectivity index (χ4v) is 4.74. The predicted molar refractivity (Wildman–Crippen MR) is 166 cm³/mol. The van der Waals surface area contributed by atoms with Gasteiger partial charge in [-0.3, -0.25) is 4.79 Å². The van der Waals surface area contributed by atoms with Crippen molar-refractivity contribution < 1.29 is 23.9 Å². The molecule has 1 fully saturated rings. The van der Waals surface area contributed by atoms with Crippen LogP contribution in [0.5, 0.6) is 5.75 Å². The third-order valence-corrected chi connectivity index (χ3v) is 6.87. The van der Waals surface area contributed by atoms with E-state index >= 15 is 0 Å². The van der Waals surface area contributed by atoms with Crippen molar-refractivity contribution in [2.45, 2.75) is 20.8 Å². The average molecular weight is 574 g/mol. The van der Waals surface area contributed by atoms with Crippen LogP contribution in [0.4, 0.5) is 27.5 Å². The first-order valence-electron chi connectivity index (χ1n) is 14.2. The highest BCUT2D eigenvalue weighted by atomic mass is 16.5. The summed E-state index contributed by atoms with van der Waals surface area (Å²) in [5.74, 6) is 0.523. The molecule has 0 spiro atoms. The molecular weight excluding hydrogens is 534 g/mol. The highest BCUT2D eigenvalue weighted by molar-refractivity contribution is 6.04. The molecule has 0 atom stereocenters. The molecule has 10 heteroatoms. The maximum Gasteiger partial charge on any atom is 0.338 e. The lowest BCUT2D eigenvalue weighted by Gasteiger charge is -2.38. The number of anilines is 4. The summed E-state index contributed by atoms with van der Waals surface area (Å²) in [4.78, 5) is 42.4. The number of methoxy groups -OCH3 is 1. The van der Waals surface area contributed by atoms with Crippen LogP contribution in [0.15, 0.2) is 66.7 Å². The standard InChI is InChI=1S/C32H39N5O5/c1-5-42-31(39)23-10-12-24(13-11-23)34-32(40)35-25-14-15-27(26(20-25)30(38)33-21-22(2)3)36-16-18-37(19-17-36)28-8-6-7-9-29(28)41-4/h6-15,20,22H,5,16-19,21H2,1-4H3,(H,33,38)(H2,34,35,40). The number of benzene rings is 3. The van der Waals surface area contributed by atoms with Gasteiger partial charge in [-0.25, -0.2) is 9.59 Å². The maximum absolute atomic E-state index is 13.3. The molecule has 0 unspecified atom stereocenters. The lowest BCUT2D eigenvalue weighted by Crippen LogP contribution is -2.47. The minimum absolute atomic E-state index is 0.190. The Morgan fingerprint density at radius 1 is 0.833 bits per heavy atom. The van der Waals surface area contributed by atoms with Crippen molar-refractivity contribution in [2.75, 3.05) is 66.9 Å². The zero-order valence-electron chi connectivity index (χ0n) is 24.6. The first-order valence-corrected chi connectivity index (χ1v) is 14.2. The molecule has 3 aromatic carbocycles.